The second-order valence-electron chi connectivity index (χ2n) is 16.5. The molecule has 0 aromatic heterocycles. The fourth-order valence-electron chi connectivity index (χ4n) is 6.61. The summed E-state index contributed by atoms with van der Waals surface area (Å²) in [5.74, 6) is -0.867. The minimum absolute atomic E-state index is 0. The number of nitrogens with zero attached hydrogens (tertiary/aromatic N) is 3. The van der Waals surface area contributed by atoms with Crippen molar-refractivity contribution in [2.75, 3.05) is 32.9 Å². The normalized spacial score (nSPS) is 21.5. The van der Waals surface area contributed by atoms with Gasteiger partial charge in [-0.1, -0.05) is 92.6 Å². The van der Waals surface area contributed by atoms with Crippen molar-refractivity contribution in [1.29, 1.82) is 0 Å². The number of urea groups is 2. The predicted molar refractivity (Wildman–Crippen MR) is 201 cm³/mol. The lowest BCUT2D eigenvalue weighted by Gasteiger charge is -2.39. The van der Waals surface area contributed by atoms with Gasteiger partial charge in [-0.3, -0.25) is 15.0 Å². The zero-order valence-corrected chi connectivity index (χ0v) is 33.7. The second-order valence-corrected chi connectivity index (χ2v) is 18.6. The van der Waals surface area contributed by atoms with E-state index in [1.807, 2.05) is 85.7 Å². The van der Waals surface area contributed by atoms with Crippen LogP contribution in [0, 0.1) is 28.1 Å². The van der Waals surface area contributed by atoms with Crippen LogP contribution >= 0.6 is 13.5 Å². The average molecular weight is 740 g/mol. The molecule has 1 aliphatic carbocycles. The minimum atomic E-state index is -3.49. The third-order valence-electron chi connectivity index (χ3n) is 10.1. The van der Waals surface area contributed by atoms with Crippen molar-refractivity contribution in [1.82, 2.24) is 35.6 Å². The summed E-state index contributed by atoms with van der Waals surface area (Å²) in [7, 11) is -2.04. The number of carbonyl (C=O) groups excluding carboxylic acids is 4. The fraction of sp³-hybridized carbons (Fsp3) is 0.714. The van der Waals surface area contributed by atoms with Gasteiger partial charge in [-0.15, -0.1) is 0 Å². The maximum atomic E-state index is 14.4. The Bertz CT molecular complexity index is 1480. The highest BCUT2D eigenvalue weighted by atomic mass is 32.2. The SMILES string of the molecule is CCCN(NC(=O)[C@@H]1[C@@H]2[C@H](CN1C(=O)[C@@H](NC(=O)N[C@H](CN(C)S(C)(=O)=O)C(C)(C)C)C(C)(C)C)C2(C)C)C(=O)N[C@@H](C)c1ccccc1.S. The molecule has 1 aliphatic heterocycles. The van der Waals surface area contributed by atoms with Crippen molar-refractivity contribution in [2.45, 2.75) is 99.8 Å². The second kappa shape index (κ2) is 16.1. The van der Waals surface area contributed by atoms with Gasteiger partial charge in [0, 0.05) is 32.7 Å². The number of hydrogen-bond acceptors (Lipinski definition) is 6. The average Bonchev–Trinajstić information content (AvgIpc) is 3.29. The van der Waals surface area contributed by atoms with Gasteiger partial charge in [-0.25, -0.2) is 27.3 Å². The highest BCUT2D eigenvalue weighted by molar-refractivity contribution is 7.88. The summed E-state index contributed by atoms with van der Waals surface area (Å²) in [5.41, 5.74) is 2.34. The smallest absolute Gasteiger partial charge is 0.334 e. The van der Waals surface area contributed by atoms with Crippen molar-refractivity contribution in [2.24, 2.45) is 28.1 Å². The zero-order chi connectivity index (χ0) is 37.3. The molecular weight excluding hydrogens is 679 g/mol. The first-order valence-corrected chi connectivity index (χ1v) is 19.0. The molecular formula is C35H61N7O6S2. The van der Waals surface area contributed by atoms with Crippen molar-refractivity contribution in [3.8, 4) is 0 Å². The molecule has 0 bridgehead atoms. The van der Waals surface area contributed by atoms with Gasteiger partial charge in [0.05, 0.1) is 12.3 Å². The lowest BCUT2D eigenvalue weighted by Crippen LogP contribution is -2.63. The van der Waals surface area contributed by atoms with Crippen LogP contribution in [0.4, 0.5) is 9.59 Å². The minimum Gasteiger partial charge on any atom is -0.334 e. The van der Waals surface area contributed by atoms with Gasteiger partial charge >= 0.3 is 12.1 Å². The number of nitrogens with one attached hydrogen (secondary N) is 4. The molecule has 4 N–H and O–H groups in total. The van der Waals surface area contributed by atoms with Crippen LogP contribution in [0.1, 0.15) is 87.3 Å². The van der Waals surface area contributed by atoms with E-state index in [2.05, 4.69) is 35.2 Å². The summed E-state index contributed by atoms with van der Waals surface area (Å²) in [6.07, 6.45) is 1.70. The summed E-state index contributed by atoms with van der Waals surface area (Å²) in [4.78, 5) is 56.9. The maximum absolute atomic E-state index is 14.4. The van der Waals surface area contributed by atoms with E-state index in [1.54, 1.807) is 4.90 Å². The largest absolute Gasteiger partial charge is 0.336 e. The molecule has 2 fully saturated rings. The highest BCUT2D eigenvalue weighted by Gasteiger charge is 2.70. The number of hydrazine groups is 1. The van der Waals surface area contributed by atoms with Crippen molar-refractivity contribution >= 4 is 47.4 Å². The van der Waals surface area contributed by atoms with E-state index in [0.717, 1.165) is 11.8 Å². The third kappa shape index (κ3) is 10.3. The standard InChI is InChI=1S/C35H59N7O6S.H2S/c1-13-19-42(32(46)36-22(2)23-17-15-14-16-18-23)39-29(43)27-26-24(35(26,9)10)20-41(27)30(44)28(34(6,7)8)38-31(45)37-25(33(3,4)5)21-40(11)49(12,47)48;/h14-18,22,24-28H,13,19-21H2,1-12H3,(H,36,46)(H,39,43)(H2,37,38,45);1H2/t22-,24-,25+,26-,27-,28+;/m0./s1. The van der Waals surface area contributed by atoms with Gasteiger partial charge in [-0.05, 0) is 47.0 Å². The number of likely N-dealkylation sites (tertiary alicyclic amines) is 1. The summed E-state index contributed by atoms with van der Waals surface area (Å²) < 4.78 is 25.4. The first-order valence-electron chi connectivity index (χ1n) is 17.1. The molecule has 3 rings (SSSR count). The number of hydrogen-bond donors (Lipinski definition) is 4. The van der Waals surface area contributed by atoms with Crippen LogP contribution < -0.4 is 21.4 Å². The van der Waals surface area contributed by atoms with E-state index in [-0.39, 0.29) is 49.9 Å². The van der Waals surface area contributed by atoms with Crippen LogP contribution in [0.25, 0.3) is 0 Å². The summed E-state index contributed by atoms with van der Waals surface area (Å²) in [6, 6.07) is 5.76. The molecule has 6 amide bonds. The predicted octanol–water partition coefficient (Wildman–Crippen LogP) is 3.82. The molecule has 1 aromatic carbocycles. The first-order chi connectivity index (χ1) is 22.4. The molecule has 0 unspecified atom stereocenters. The summed E-state index contributed by atoms with van der Waals surface area (Å²) in [6.45, 7) is 19.8. The Morgan fingerprint density at radius 2 is 1.56 bits per heavy atom. The number of fused-ring (bicyclic) bond motifs is 1. The third-order valence-corrected chi connectivity index (χ3v) is 11.4. The van der Waals surface area contributed by atoms with Crippen LogP contribution in [0.15, 0.2) is 30.3 Å². The van der Waals surface area contributed by atoms with Crippen LogP contribution in [-0.2, 0) is 19.6 Å². The van der Waals surface area contributed by atoms with Gasteiger partial charge in [0.2, 0.25) is 15.9 Å². The lowest BCUT2D eigenvalue weighted by molar-refractivity contribution is -0.145. The Morgan fingerprint density at radius 3 is 2.06 bits per heavy atom. The fourth-order valence-corrected chi connectivity index (χ4v) is 7.03. The van der Waals surface area contributed by atoms with E-state index in [1.165, 1.54) is 16.4 Å². The number of amides is 6. The summed E-state index contributed by atoms with van der Waals surface area (Å²) in [5, 5.41) is 9.99. The molecule has 1 saturated heterocycles. The molecule has 6 atom stereocenters. The van der Waals surface area contributed by atoms with Gasteiger partial charge in [0.25, 0.3) is 5.91 Å². The molecule has 1 heterocycles. The van der Waals surface area contributed by atoms with Gasteiger partial charge in [-0.2, -0.15) is 13.5 Å². The molecule has 2 aliphatic rings. The van der Waals surface area contributed by atoms with Gasteiger partial charge < -0.3 is 20.9 Å². The van der Waals surface area contributed by atoms with Crippen LogP contribution in [0.5, 0.6) is 0 Å². The number of sulfonamides is 1. The van der Waals surface area contributed by atoms with E-state index in [4.69, 9.17) is 0 Å². The molecule has 1 saturated carbocycles. The Balaban J connectivity index is 0.00000867. The Labute approximate surface area is 306 Å². The van der Waals surface area contributed by atoms with Gasteiger partial charge in [0.15, 0.2) is 0 Å². The number of piperidine rings is 1. The number of likely N-dealkylation sites (N-methyl/N-ethyl adjacent to an activating group) is 1. The topological polar surface area (TPSA) is 160 Å². The molecule has 284 valence electrons. The number of benzene rings is 1. The monoisotopic (exact) mass is 739 g/mol. The van der Waals surface area contributed by atoms with Crippen molar-refractivity contribution < 1.29 is 27.6 Å². The number of rotatable bonds is 11. The van der Waals surface area contributed by atoms with E-state index in [9.17, 15) is 27.6 Å². The summed E-state index contributed by atoms with van der Waals surface area (Å²) >= 11 is 0. The van der Waals surface area contributed by atoms with Crippen molar-refractivity contribution in [3.05, 3.63) is 35.9 Å². The van der Waals surface area contributed by atoms with E-state index < -0.39 is 62.9 Å². The van der Waals surface area contributed by atoms with Crippen LogP contribution in [-0.4, -0.2) is 97.6 Å². The molecule has 15 heteroatoms. The van der Waals surface area contributed by atoms with Crippen molar-refractivity contribution in [3.63, 3.8) is 0 Å². The van der Waals surface area contributed by atoms with Crippen LogP contribution in [0.2, 0.25) is 0 Å². The highest BCUT2D eigenvalue weighted by Crippen LogP contribution is 2.65. The Morgan fingerprint density at radius 1 is 0.980 bits per heavy atom. The molecule has 50 heavy (non-hydrogen) atoms. The zero-order valence-electron chi connectivity index (χ0n) is 31.9. The van der Waals surface area contributed by atoms with E-state index >= 15 is 0 Å². The Hall–Kier alpha value is -3.04. The first kappa shape index (κ1) is 43.1. The van der Waals surface area contributed by atoms with Gasteiger partial charge in [0.1, 0.15) is 12.1 Å². The lowest BCUT2D eigenvalue weighted by atomic mass is 9.85. The van der Waals surface area contributed by atoms with E-state index in [0.29, 0.717) is 13.0 Å². The molecule has 0 spiro atoms. The van der Waals surface area contributed by atoms with Crippen LogP contribution in [0.3, 0.4) is 0 Å². The quantitative estimate of drug-likeness (QED) is 0.253. The molecule has 0 radical (unpaired) electrons. The Kier molecular flexibility index (Phi) is 13.9. The number of carbonyl (C=O) groups is 4. The molecule has 1 aromatic rings. The molecule has 13 nitrogen and oxygen atoms in total. The maximum Gasteiger partial charge on any atom is 0.336 e.